The summed E-state index contributed by atoms with van der Waals surface area (Å²) in [5.74, 6) is 0. The first-order valence-corrected chi connectivity index (χ1v) is 7.11. The number of aryl methyl sites for hydroxylation is 1. The van der Waals surface area contributed by atoms with Crippen LogP contribution in [0.5, 0.6) is 0 Å². The van der Waals surface area contributed by atoms with Crippen molar-refractivity contribution in [3.63, 3.8) is 0 Å². The van der Waals surface area contributed by atoms with Crippen LogP contribution in [0.3, 0.4) is 0 Å². The Morgan fingerprint density at radius 1 is 1.24 bits per heavy atom. The Hall–Kier alpha value is -1.93. The van der Waals surface area contributed by atoms with Gasteiger partial charge in [0.1, 0.15) is 13.1 Å². The Bertz CT molecular complexity index is 766. The molecule has 2 aromatic heterocycles. The fourth-order valence-corrected chi connectivity index (χ4v) is 2.76. The maximum atomic E-state index is 12.3. The lowest BCUT2D eigenvalue weighted by Crippen LogP contribution is -3.14. The van der Waals surface area contributed by atoms with Crippen molar-refractivity contribution in [3.8, 4) is 0 Å². The van der Waals surface area contributed by atoms with Crippen LogP contribution in [0, 0.1) is 0 Å². The number of imidazole rings is 1. The second-order valence-corrected chi connectivity index (χ2v) is 5.43. The summed E-state index contributed by atoms with van der Waals surface area (Å²) >= 11 is 0. The number of aromatic nitrogens is 4. The molecule has 0 aromatic carbocycles. The Morgan fingerprint density at radius 2 is 1.95 bits per heavy atom. The maximum absolute atomic E-state index is 12.3. The molecule has 8 nitrogen and oxygen atoms in total. The average Bonchev–Trinajstić information content (AvgIpc) is 2.94. The van der Waals surface area contributed by atoms with E-state index in [1.54, 1.807) is 13.4 Å². The number of hydrogen-bond donors (Lipinski definition) is 1. The molecule has 3 heterocycles. The van der Waals surface area contributed by atoms with Crippen LogP contribution < -0.4 is 16.1 Å². The first kappa shape index (κ1) is 14.0. The van der Waals surface area contributed by atoms with Crippen molar-refractivity contribution in [3.05, 3.63) is 27.2 Å². The highest BCUT2D eigenvalue weighted by molar-refractivity contribution is 5.69. The highest BCUT2D eigenvalue weighted by Crippen LogP contribution is 2.04. The van der Waals surface area contributed by atoms with Gasteiger partial charge in [0.25, 0.3) is 5.56 Å². The lowest BCUT2D eigenvalue weighted by Gasteiger charge is -2.23. The van der Waals surface area contributed by atoms with E-state index in [2.05, 4.69) is 4.98 Å². The minimum Gasteiger partial charge on any atom is -0.370 e. The molecule has 0 atom stereocenters. The zero-order chi connectivity index (χ0) is 15.0. The summed E-state index contributed by atoms with van der Waals surface area (Å²) in [5.41, 5.74) is 0.298. The molecule has 1 aliphatic heterocycles. The van der Waals surface area contributed by atoms with Crippen molar-refractivity contribution in [1.82, 2.24) is 18.7 Å². The summed E-state index contributed by atoms with van der Waals surface area (Å²) < 4.78 is 9.72. The topological polar surface area (TPSA) is 75.5 Å². The van der Waals surface area contributed by atoms with Crippen LogP contribution in [0.25, 0.3) is 11.2 Å². The summed E-state index contributed by atoms with van der Waals surface area (Å²) in [4.78, 5) is 29.9. The van der Waals surface area contributed by atoms with E-state index in [9.17, 15) is 9.59 Å². The number of quaternary nitrogens is 1. The molecule has 0 radical (unpaired) electrons. The predicted molar refractivity (Wildman–Crippen MR) is 76.6 cm³/mol. The molecule has 0 aliphatic carbocycles. The van der Waals surface area contributed by atoms with E-state index in [1.807, 2.05) is 4.57 Å². The molecule has 114 valence electrons. The van der Waals surface area contributed by atoms with Crippen LogP contribution in [-0.2, 0) is 25.4 Å². The van der Waals surface area contributed by atoms with Gasteiger partial charge in [0.15, 0.2) is 11.2 Å². The molecular formula is C13H20N5O3+. The van der Waals surface area contributed by atoms with Gasteiger partial charge in [0, 0.05) is 14.1 Å². The second kappa shape index (κ2) is 5.45. The Morgan fingerprint density at radius 3 is 2.67 bits per heavy atom. The van der Waals surface area contributed by atoms with Gasteiger partial charge < -0.3 is 14.2 Å². The lowest BCUT2D eigenvalue weighted by molar-refractivity contribution is -0.908. The Labute approximate surface area is 121 Å². The van der Waals surface area contributed by atoms with Gasteiger partial charge in [-0.05, 0) is 0 Å². The largest absolute Gasteiger partial charge is 0.370 e. The van der Waals surface area contributed by atoms with E-state index in [0.29, 0.717) is 17.7 Å². The normalized spacial score (nSPS) is 16.7. The van der Waals surface area contributed by atoms with Crippen molar-refractivity contribution in [2.45, 2.75) is 6.54 Å². The Kier molecular flexibility index (Phi) is 3.64. The molecule has 0 saturated carbocycles. The van der Waals surface area contributed by atoms with Gasteiger partial charge in [-0.15, -0.1) is 0 Å². The van der Waals surface area contributed by atoms with E-state index >= 15 is 0 Å². The van der Waals surface area contributed by atoms with E-state index in [4.69, 9.17) is 4.74 Å². The third-order valence-electron chi connectivity index (χ3n) is 4.12. The number of morpholine rings is 1. The zero-order valence-corrected chi connectivity index (χ0v) is 12.3. The molecular weight excluding hydrogens is 274 g/mol. The van der Waals surface area contributed by atoms with Crippen LogP contribution in [-0.4, -0.2) is 51.5 Å². The SMILES string of the molecule is Cn1c(=O)c2c(ncn2CC[NH+]2CCOCC2)n(C)c1=O. The number of rotatable bonds is 3. The van der Waals surface area contributed by atoms with Crippen LogP contribution >= 0.6 is 0 Å². The number of nitrogens with one attached hydrogen (secondary N) is 1. The van der Waals surface area contributed by atoms with E-state index in [1.165, 1.54) is 16.5 Å². The van der Waals surface area contributed by atoms with Crippen LogP contribution in [0.2, 0.25) is 0 Å². The number of hydrogen-bond acceptors (Lipinski definition) is 4. The van der Waals surface area contributed by atoms with E-state index in [-0.39, 0.29) is 11.2 Å². The molecule has 0 amide bonds. The summed E-state index contributed by atoms with van der Waals surface area (Å²) in [6.07, 6.45) is 1.64. The summed E-state index contributed by atoms with van der Waals surface area (Å²) in [6, 6.07) is 0. The summed E-state index contributed by atoms with van der Waals surface area (Å²) in [6.45, 7) is 5.18. The second-order valence-electron chi connectivity index (χ2n) is 5.43. The van der Waals surface area contributed by atoms with E-state index < -0.39 is 0 Å². The van der Waals surface area contributed by atoms with Crippen molar-refractivity contribution in [2.75, 3.05) is 32.8 Å². The monoisotopic (exact) mass is 294 g/mol. The molecule has 0 unspecified atom stereocenters. The molecule has 0 bridgehead atoms. The number of ether oxygens (including phenoxy) is 1. The summed E-state index contributed by atoms with van der Waals surface area (Å²) in [7, 11) is 3.13. The fourth-order valence-electron chi connectivity index (χ4n) is 2.76. The fraction of sp³-hybridized carbons (Fsp3) is 0.615. The highest BCUT2D eigenvalue weighted by Gasteiger charge is 2.17. The first-order chi connectivity index (χ1) is 10.1. The van der Waals surface area contributed by atoms with E-state index in [0.717, 1.165) is 37.4 Å². The molecule has 1 saturated heterocycles. The van der Waals surface area contributed by atoms with Crippen molar-refractivity contribution < 1.29 is 9.64 Å². The van der Waals surface area contributed by atoms with Gasteiger partial charge in [0.2, 0.25) is 0 Å². The van der Waals surface area contributed by atoms with Gasteiger partial charge in [-0.3, -0.25) is 13.9 Å². The molecule has 21 heavy (non-hydrogen) atoms. The molecule has 2 aromatic rings. The summed E-state index contributed by atoms with van der Waals surface area (Å²) in [5, 5.41) is 0. The minimum atomic E-state index is -0.350. The van der Waals surface area contributed by atoms with Crippen LogP contribution in [0.4, 0.5) is 0 Å². The molecule has 8 heteroatoms. The molecule has 1 N–H and O–H groups in total. The van der Waals surface area contributed by atoms with Gasteiger partial charge in [0.05, 0.1) is 32.6 Å². The zero-order valence-electron chi connectivity index (χ0n) is 12.3. The van der Waals surface area contributed by atoms with Crippen molar-refractivity contribution in [1.29, 1.82) is 0 Å². The highest BCUT2D eigenvalue weighted by atomic mass is 16.5. The predicted octanol–water partition coefficient (Wildman–Crippen LogP) is -2.65. The van der Waals surface area contributed by atoms with Crippen LogP contribution in [0.1, 0.15) is 0 Å². The number of fused-ring (bicyclic) bond motifs is 1. The third-order valence-corrected chi connectivity index (χ3v) is 4.12. The van der Waals surface area contributed by atoms with Crippen LogP contribution in [0.15, 0.2) is 15.9 Å². The first-order valence-electron chi connectivity index (χ1n) is 7.11. The van der Waals surface area contributed by atoms with Gasteiger partial charge in [-0.25, -0.2) is 9.78 Å². The minimum absolute atomic E-state index is 0.289. The maximum Gasteiger partial charge on any atom is 0.332 e. The molecule has 0 spiro atoms. The van der Waals surface area contributed by atoms with Gasteiger partial charge >= 0.3 is 5.69 Å². The van der Waals surface area contributed by atoms with Crippen molar-refractivity contribution >= 4 is 11.2 Å². The van der Waals surface area contributed by atoms with Crippen molar-refractivity contribution in [2.24, 2.45) is 14.1 Å². The smallest absolute Gasteiger partial charge is 0.332 e. The standard InChI is InChI=1S/C13H19N5O3/c1-15-11-10(12(19)16(2)13(15)20)18(9-14-11)4-3-17-5-7-21-8-6-17/h9H,3-8H2,1-2H3/p+1. The van der Waals surface area contributed by atoms with Gasteiger partial charge in [-0.2, -0.15) is 0 Å². The lowest BCUT2D eigenvalue weighted by atomic mass is 10.4. The molecule has 3 rings (SSSR count). The average molecular weight is 294 g/mol. The van der Waals surface area contributed by atoms with Gasteiger partial charge in [-0.1, -0.05) is 0 Å². The Balaban J connectivity index is 1.93. The third kappa shape index (κ3) is 2.40. The quantitative estimate of drug-likeness (QED) is 0.671. The molecule has 1 aliphatic rings. The molecule has 1 fully saturated rings. The number of nitrogens with zero attached hydrogens (tertiary/aromatic N) is 4.